The molecule has 1 atom stereocenters. The third kappa shape index (κ3) is 7.84. The van der Waals surface area contributed by atoms with Crippen molar-refractivity contribution in [3.8, 4) is 0 Å². The van der Waals surface area contributed by atoms with Gasteiger partial charge in [0.15, 0.2) is 0 Å². The highest BCUT2D eigenvalue weighted by molar-refractivity contribution is 8.16. The summed E-state index contributed by atoms with van der Waals surface area (Å²) < 4.78 is 3.71. The van der Waals surface area contributed by atoms with Crippen molar-refractivity contribution in [1.82, 2.24) is 5.32 Å². The number of esters is 1. The zero-order valence-corrected chi connectivity index (χ0v) is 14.0. The maximum atomic E-state index is 11.7. The third-order valence-electron chi connectivity index (χ3n) is 2.88. The fraction of sp³-hybridized carbons (Fsp3) is 0.714. The molecule has 0 aliphatic rings. The molecule has 0 radical (unpaired) electrons. The molecule has 21 heavy (non-hydrogen) atoms. The number of thioether (sulfide) groups is 1. The first-order chi connectivity index (χ1) is 9.62. The zero-order valence-electron chi connectivity index (χ0n) is 13.1. The Balaban J connectivity index is 4.40. The summed E-state index contributed by atoms with van der Waals surface area (Å²) in [6.07, 6.45) is 0.174. The Kier molecular flexibility index (Phi) is 8.24. The van der Waals surface area contributed by atoms with Crippen LogP contribution in [0.1, 0.15) is 40.5 Å². The van der Waals surface area contributed by atoms with Gasteiger partial charge in [-0.2, -0.15) is 0 Å². The van der Waals surface area contributed by atoms with Gasteiger partial charge in [-0.15, -0.1) is 0 Å². The second-order valence-corrected chi connectivity index (χ2v) is 7.03. The number of Topliss-reactive ketones (excluding diaryl/α,β-unsaturated/α-hetero) is 1. The van der Waals surface area contributed by atoms with Gasteiger partial charge in [0.1, 0.15) is 6.42 Å². The van der Waals surface area contributed by atoms with Crippen LogP contribution in [0.4, 0.5) is 0 Å². The van der Waals surface area contributed by atoms with Gasteiger partial charge in [0.25, 0.3) is 5.12 Å². The third-order valence-corrected chi connectivity index (χ3v) is 3.99. The van der Waals surface area contributed by atoms with E-state index in [1.807, 2.05) is 13.8 Å². The molecule has 0 aromatic carbocycles. The average Bonchev–Trinajstić information content (AvgIpc) is 2.42. The SMILES string of the molecule is CCC(C)C(=O)NCC(C)(C)SC(=O)C(=O)CC(=O)OC. The van der Waals surface area contributed by atoms with Crippen LogP contribution in [0.5, 0.6) is 0 Å². The van der Waals surface area contributed by atoms with Crippen molar-refractivity contribution < 1.29 is 23.9 Å². The molecule has 0 saturated heterocycles. The smallest absolute Gasteiger partial charge is 0.313 e. The van der Waals surface area contributed by atoms with E-state index >= 15 is 0 Å². The Hall–Kier alpha value is -1.37. The molecular formula is C14H23NO5S. The van der Waals surface area contributed by atoms with E-state index in [1.165, 1.54) is 0 Å². The molecule has 0 aliphatic carbocycles. The van der Waals surface area contributed by atoms with Crippen LogP contribution in [0.25, 0.3) is 0 Å². The molecule has 0 heterocycles. The lowest BCUT2D eigenvalue weighted by Crippen LogP contribution is -2.39. The summed E-state index contributed by atoms with van der Waals surface area (Å²) in [6, 6.07) is 0. The van der Waals surface area contributed by atoms with Crippen LogP contribution in [0, 0.1) is 5.92 Å². The number of carbonyl (C=O) groups is 4. The Morgan fingerprint density at radius 3 is 2.29 bits per heavy atom. The van der Waals surface area contributed by atoms with E-state index in [9.17, 15) is 19.2 Å². The van der Waals surface area contributed by atoms with Crippen LogP contribution >= 0.6 is 11.8 Å². The highest BCUT2D eigenvalue weighted by Crippen LogP contribution is 2.25. The van der Waals surface area contributed by atoms with Gasteiger partial charge >= 0.3 is 5.97 Å². The van der Waals surface area contributed by atoms with Gasteiger partial charge in [-0.25, -0.2) is 0 Å². The quantitative estimate of drug-likeness (QED) is 0.412. The summed E-state index contributed by atoms with van der Waals surface area (Å²) in [5.74, 6) is -1.72. The van der Waals surface area contributed by atoms with Crippen LogP contribution in [0.3, 0.4) is 0 Å². The number of ketones is 1. The van der Waals surface area contributed by atoms with E-state index in [1.54, 1.807) is 13.8 Å². The highest BCUT2D eigenvalue weighted by atomic mass is 32.2. The standard InChI is InChI=1S/C14H23NO5S/c1-6-9(2)12(18)15-8-14(3,4)21-13(19)10(16)7-11(17)20-5/h9H,6-8H2,1-5H3,(H,15,18). The molecule has 7 heteroatoms. The average molecular weight is 317 g/mol. The monoisotopic (exact) mass is 317 g/mol. The van der Waals surface area contributed by atoms with Crippen molar-refractivity contribution in [3.05, 3.63) is 0 Å². The van der Waals surface area contributed by atoms with E-state index < -0.39 is 28.0 Å². The van der Waals surface area contributed by atoms with Gasteiger partial charge in [-0.3, -0.25) is 19.2 Å². The lowest BCUT2D eigenvalue weighted by atomic mass is 10.1. The highest BCUT2D eigenvalue weighted by Gasteiger charge is 2.28. The molecule has 120 valence electrons. The number of hydrogen-bond donors (Lipinski definition) is 1. The number of methoxy groups -OCH3 is 1. The van der Waals surface area contributed by atoms with Gasteiger partial charge in [0.05, 0.1) is 7.11 Å². The summed E-state index contributed by atoms with van der Waals surface area (Å²) >= 11 is 0.813. The molecule has 0 aliphatic heterocycles. The lowest BCUT2D eigenvalue weighted by Gasteiger charge is -2.23. The summed E-state index contributed by atoms with van der Waals surface area (Å²) in [5.41, 5.74) is 0. The molecule has 1 N–H and O–H groups in total. The number of ether oxygens (including phenoxy) is 1. The fourth-order valence-corrected chi connectivity index (χ4v) is 2.11. The number of hydrogen-bond acceptors (Lipinski definition) is 6. The Bertz CT molecular complexity index is 420. The van der Waals surface area contributed by atoms with Crippen LogP contribution in [0.2, 0.25) is 0 Å². The molecule has 0 fully saturated rings. The largest absolute Gasteiger partial charge is 0.469 e. The Labute approximate surface area is 129 Å². The van der Waals surface area contributed by atoms with Crippen LogP contribution < -0.4 is 5.32 Å². The van der Waals surface area contributed by atoms with Crippen molar-refractivity contribution in [3.63, 3.8) is 0 Å². The van der Waals surface area contributed by atoms with Crippen molar-refractivity contribution in [1.29, 1.82) is 0 Å². The van der Waals surface area contributed by atoms with Gasteiger partial charge in [-0.05, 0) is 20.3 Å². The Morgan fingerprint density at radius 1 is 1.24 bits per heavy atom. The minimum Gasteiger partial charge on any atom is -0.469 e. The van der Waals surface area contributed by atoms with E-state index in [0.29, 0.717) is 0 Å². The summed E-state index contributed by atoms with van der Waals surface area (Å²) in [4.78, 5) is 45.9. The van der Waals surface area contributed by atoms with Gasteiger partial charge in [-0.1, -0.05) is 25.6 Å². The Morgan fingerprint density at radius 2 is 1.81 bits per heavy atom. The van der Waals surface area contributed by atoms with Gasteiger partial charge in [0, 0.05) is 17.2 Å². The lowest BCUT2D eigenvalue weighted by molar-refractivity contribution is -0.145. The minimum atomic E-state index is -0.798. The molecule has 0 aromatic rings. The number of amides is 1. The van der Waals surface area contributed by atoms with E-state index in [-0.39, 0.29) is 18.4 Å². The maximum absolute atomic E-state index is 11.7. The minimum absolute atomic E-state index is 0.0838. The first-order valence-electron chi connectivity index (χ1n) is 6.73. The van der Waals surface area contributed by atoms with Crippen molar-refractivity contribution in [2.45, 2.75) is 45.3 Å². The molecular weight excluding hydrogens is 294 g/mol. The predicted octanol–water partition coefficient (Wildman–Crippen LogP) is 1.32. The van der Waals surface area contributed by atoms with Gasteiger partial charge in [0.2, 0.25) is 11.7 Å². The number of rotatable bonds is 8. The second-order valence-electron chi connectivity index (χ2n) is 5.35. The molecule has 0 aromatic heterocycles. The summed E-state index contributed by atoms with van der Waals surface area (Å²) in [5, 5.41) is 2.05. The predicted molar refractivity (Wildman–Crippen MR) is 80.8 cm³/mol. The molecule has 1 amide bonds. The van der Waals surface area contributed by atoms with E-state index in [0.717, 1.165) is 25.3 Å². The molecule has 0 spiro atoms. The van der Waals surface area contributed by atoms with Crippen molar-refractivity contribution in [2.75, 3.05) is 13.7 Å². The van der Waals surface area contributed by atoms with Crippen LogP contribution in [0.15, 0.2) is 0 Å². The zero-order chi connectivity index (χ0) is 16.6. The molecule has 0 bridgehead atoms. The normalized spacial score (nSPS) is 12.4. The number of nitrogens with one attached hydrogen (secondary N) is 1. The van der Waals surface area contributed by atoms with Gasteiger partial charge < -0.3 is 10.1 Å². The molecule has 1 unspecified atom stereocenters. The maximum Gasteiger partial charge on any atom is 0.313 e. The summed E-state index contributed by atoms with van der Waals surface area (Å²) in [7, 11) is 1.15. The summed E-state index contributed by atoms with van der Waals surface area (Å²) in [6.45, 7) is 7.49. The fourth-order valence-electron chi connectivity index (χ4n) is 1.28. The second kappa shape index (κ2) is 8.81. The van der Waals surface area contributed by atoms with Crippen LogP contribution in [-0.2, 0) is 23.9 Å². The van der Waals surface area contributed by atoms with Crippen molar-refractivity contribution in [2.24, 2.45) is 5.92 Å². The number of carbonyl (C=O) groups excluding carboxylic acids is 4. The molecule has 0 rings (SSSR count). The van der Waals surface area contributed by atoms with Crippen molar-refractivity contribution >= 4 is 34.5 Å². The topological polar surface area (TPSA) is 89.5 Å². The molecule has 0 saturated carbocycles. The first kappa shape index (κ1) is 19.6. The molecule has 6 nitrogen and oxygen atoms in total. The van der Waals surface area contributed by atoms with E-state index in [2.05, 4.69) is 10.1 Å². The van der Waals surface area contributed by atoms with Crippen LogP contribution in [-0.4, -0.2) is 41.2 Å². The van der Waals surface area contributed by atoms with E-state index in [4.69, 9.17) is 0 Å². The first-order valence-corrected chi connectivity index (χ1v) is 7.55.